The van der Waals surface area contributed by atoms with Crippen molar-refractivity contribution in [3.8, 4) is 5.75 Å². The number of hydrogen-bond acceptors (Lipinski definition) is 3. The molecule has 0 radical (unpaired) electrons. The summed E-state index contributed by atoms with van der Waals surface area (Å²) in [5, 5.41) is 9.02. The van der Waals surface area contributed by atoms with E-state index in [0.29, 0.717) is 31.7 Å². The number of carboxylic acids is 1. The van der Waals surface area contributed by atoms with Crippen LogP contribution >= 0.6 is 0 Å². The van der Waals surface area contributed by atoms with Crippen LogP contribution in [0.25, 0.3) is 0 Å². The second-order valence-electron chi connectivity index (χ2n) is 4.99. The first-order valence-electron chi connectivity index (χ1n) is 6.98. The number of carboxylic acid groups (broad SMARTS) is 1. The van der Waals surface area contributed by atoms with Gasteiger partial charge in [0.05, 0.1) is 6.61 Å². The third kappa shape index (κ3) is 4.18. The molecule has 5 nitrogen and oxygen atoms in total. The van der Waals surface area contributed by atoms with Crippen molar-refractivity contribution in [2.75, 3.05) is 13.2 Å². The fourth-order valence-electron chi connectivity index (χ4n) is 2.44. The molecule has 1 heterocycles. The van der Waals surface area contributed by atoms with E-state index in [4.69, 9.17) is 9.84 Å². The minimum atomic E-state index is -0.947. The first kappa shape index (κ1) is 15.3. The molecule has 0 aliphatic carbocycles. The van der Waals surface area contributed by atoms with E-state index in [1.807, 2.05) is 0 Å². The Morgan fingerprint density at radius 1 is 1.43 bits per heavy atom. The van der Waals surface area contributed by atoms with Crippen LogP contribution in [0.5, 0.6) is 5.75 Å². The van der Waals surface area contributed by atoms with Gasteiger partial charge in [-0.1, -0.05) is 6.07 Å². The number of amides is 1. The maximum atomic E-state index is 12.9. The van der Waals surface area contributed by atoms with Crippen molar-refractivity contribution >= 4 is 11.9 Å². The number of ether oxygens (including phenoxy) is 1. The Balaban J connectivity index is 1.73. The molecule has 0 bridgehead atoms. The number of halogens is 1. The minimum Gasteiger partial charge on any atom is -0.493 e. The zero-order valence-electron chi connectivity index (χ0n) is 11.6. The SMILES string of the molecule is O=C(O)[C@@H]1CCCN1C(=O)CCCOc1cccc(F)c1. The second kappa shape index (κ2) is 7.06. The molecule has 1 N–H and O–H groups in total. The highest BCUT2D eigenvalue weighted by Crippen LogP contribution is 2.19. The Morgan fingerprint density at radius 2 is 2.24 bits per heavy atom. The summed E-state index contributed by atoms with van der Waals surface area (Å²) in [4.78, 5) is 24.4. The Bertz CT molecular complexity index is 520. The van der Waals surface area contributed by atoms with Crippen LogP contribution in [0.15, 0.2) is 24.3 Å². The van der Waals surface area contributed by atoms with Gasteiger partial charge in [-0.25, -0.2) is 9.18 Å². The Morgan fingerprint density at radius 3 is 2.95 bits per heavy atom. The van der Waals surface area contributed by atoms with Crippen LogP contribution in [0.2, 0.25) is 0 Å². The number of nitrogens with zero attached hydrogens (tertiary/aromatic N) is 1. The number of likely N-dealkylation sites (tertiary alicyclic amines) is 1. The van der Waals surface area contributed by atoms with Crippen molar-refractivity contribution < 1.29 is 23.8 Å². The molecule has 0 spiro atoms. The van der Waals surface area contributed by atoms with Crippen molar-refractivity contribution in [1.82, 2.24) is 4.90 Å². The van der Waals surface area contributed by atoms with E-state index >= 15 is 0 Å². The average Bonchev–Trinajstić information content (AvgIpc) is 2.93. The topological polar surface area (TPSA) is 66.8 Å². The number of hydrogen-bond donors (Lipinski definition) is 1. The van der Waals surface area contributed by atoms with E-state index in [0.717, 1.165) is 6.42 Å². The quantitative estimate of drug-likeness (QED) is 0.816. The summed E-state index contributed by atoms with van der Waals surface area (Å²) in [6, 6.07) is 5.11. The normalized spacial score (nSPS) is 17.8. The van der Waals surface area contributed by atoms with Gasteiger partial charge in [0, 0.05) is 19.0 Å². The van der Waals surface area contributed by atoms with Crippen LogP contribution in [0, 0.1) is 5.82 Å². The van der Waals surface area contributed by atoms with Crippen LogP contribution in [0.3, 0.4) is 0 Å². The van der Waals surface area contributed by atoms with Gasteiger partial charge >= 0.3 is 5.97 Å². The molecule has 0 saturated carbocycles. The molecule has 1 aromatic carbocycles. The Kier molecular flexibility index (Phi) is 5.14. The molecule has 1 aliphatic rings. The van der Waals surface area contributed by atoms with Crippen molar-refractivity contribution in [3.05, 3.63) is 30.1 Å². The fourth-order valence-corrected chi connectivity index (χ4v) is 2.44. The molecule has 1 amide bonds. The molecule has 1 fully saturated rings. The van der Waals surface area contributed by atoms with E-state index in [1.165, 1.54) is 17.0 Å². The van der Waals surface area contributed by atoms with Gasteiger partial charge in [0.25, 0.3) is 0 Å². The van der Waals surface area contributed by atoms with E-state index < -0.39 is 12.0 Å². The lowest BCUT2D eigenvalue weighted by atomic mass is 10.2. The lowest BCUT2D eigenvalue weighted by molar-refractivity contribution is -0.148. The van der Waals surface area contributed by atoms with Gasteiger partial charge in [0.15, 0.2) is 0 Å². The van der Waals surface area contributed by atoms with E-state index in [1.54, 1.807) is 12.1 Å². The zero-order chi connectivity index (χ0) is 15.2. The smallest absolute Gasteiger partial charge is 0.326 e. The van der Waals surface area contributed by atoms with Gasteiger partial charge in [-0.05, 0) is 31.4 Å². The van der Waals surface area contributed by atoms with Gasteiger partial charge in [-0.15, -0.1) is 0 Å². The minimum absolute atomic E-state index is 0.164. The van der Waals surface area contributed by atoms with Crippen LogP contribution in [0.4, 0.5) is 4.39 Å². The third-order valence-electron chi connectivity index (χ3n) is 3.46. The van der Waals surface area contributed by atoms with Gasteiger partial charge in [0.1, 0.15) is 17.6 Å². The molecule has 6 heteroatoms. The van der Waals surface area contributed by atoms with E-state index in [9.17, 15) is 14.0 Å². The first-order chi connectivity index (χ1) is 10.1. The van der Waals surface area contributed by atoms with E-state index in [2.05, 4.69) is 0 Å². The number of benzene rings is 1. The molecule has 114 valence electrons. The van der Waals surface area contributed by atoms with Crippen LogP contribution < -0.4 is 4.74 Å². The third-order valence-corrected chi connectivity index (χ3v) is 3.46. The molecule has 2 rings (SSSR count). The highest BCUT2D eigenvalue weighted by Gasteiger charge is 2.33. The number of rotatable bonds is 6. The van der Waals surface area contributed by atoms with Crippen molar-refractivity contribution in [1.29, 1.82) is 0 Å². The van der Waals surface area contributed by atoms with Crippen LogP contribution in [-0.4, -0.2) is 41.1 Å². The monoisotopic (exact) mass is 295 g/mol. The summed E-state index contributed by atoms with van der Waals surface area (Å²) in [6.07, 6.45) is 1.95. The fraction of sp³-hybridized carbons (Fsp3) is 0.467. The maximum absolute atomic E-state index is 12.9. The Labute approximate surface area is 122 Å². The van der Waals surface area contributed by atoms with Gasteiger partial charge in [-0.3, -0.25) is 4.79 Å². The molecule has 1 saturated heterocycles. The van der Waals surface area contributed by atoms with Crippen molar-refractivity contribution in [2.24, 2.45) is 0 Å². The predicted octanol–water partition coefficient (Wildman–Crippen LogP) is 2.06. The summed E-state index contributed by atoms with van der Waals surface area (Å²) < 4.78 is 18.3. The molecule has 1 aromatic rings. The molecule has 21 heavy (non-hydrogen) atoms. The Hall–Kier alpha value is -2.11. The second-order valence-corrected chi connectivity index (χ2v) is 4.99. The maximum Gasteiger partial charge on any atom is 0.326 e. The van der Waals surface area contributed by atoms with Crippen molar-refractivity contribution in [2.45, 2.75) is 31.7 Å². The first-order valence-corrected chi connectivity index (χ1v) is 6.98. The van der Waals surface area contributed by atoms with Crippen molar-refractivity contribution in [3.63, 3.8) is 0 Å². The standard InChI is InChI=1S/C15H18FNO4/c16-11-4-1-5-12(10-11)21-9-3-7-14(18)17-8-2-6-13(17)15(19)20/h1,4-5,10,13H,2-3,6-9H2,(H,19,20)/t13-/m0/s1. The lowest BCUT2D eigenvalue weighted by Crippen LogP contribution is -2.40. The number of carbonyl (C=O) groups is 2. The summed E-state index contributed by atoms with van der Waals surface area (Å²) in [5.74, 6) is -1.06. The molecule has 0 unspecified atom stereocenters. The van der Waals surface area contributed by atoms with E-state index in [-0.39, 0.29) is 18.1 Å². The predicted molar refractivity (Wildman–Crippen MR) is 73.5 cm³/mol. The molecular weight excluding hydrogens is 277 g/mol. The number of aliphatic carboxylic acids is 1. The lowest BCUT2D eigenvalue weighted by Gasteiger charge is -2.21. The van der Waals surface area contributed by atoms with Crippen LogP contribution in [0.1, 0.15) is 25.7 Å². The summed E-state index contributed by atoms with van der Waals surface area (Å²) >= 11 is 0. The highest BCUT2D eigenvalue weighted by atomic mass is 19.1. The summed E-state index contributed by atoms with van der Waals surface area (Å²) in [6.45, 7) is 0.793. The zero-order valence-corrected chi connectivity index (χ0v) is 11.6. The molecule has 0 aromatic heterocycles. The molecule has 1 atom stereocenters. The summed E-state index contributed by atoms with van der Waals surface area (Å²) in [5.41, 5.74) is 0. The highest BCUT2D eigenvalue weighted by molar-refractivity contribution is 5.84. The largest absolute Gasteiger partial charge is 0.493 e. The summed E-state index contributed by atoms with van der Waals surface area (Å²) in [7, 11) is 0. The van der Waals surface area contributed by atoms with Crippen LogP contribution in [-0.2, 0) is 9.59 Å². The van der Waals surface area contributed by atoms with Gasteiger partial charge < -0.3 is 14.7 Å². The molecule has 1 aliphatic heterocycles. The van der Waals surface area contributed by atoms with Gasteiger partial charge in [0.2, 0.25) is 5.91 Å². The average molecular weight is 295 g/mol. The van der Waals surface area contributed by atoms with Gasteiger partial charge in [-0.2, -0.15) is 0 Å². The number of carbonyl (C=O) groups excluding carboxylic acids is 1. The molecular formula is C15H18FNO4.